The van der Waals surface area contributed by atoms with Crippen molar-refractivity contribution in [3.63, 3.8) is 0 Å². The van der Waals surface area contributed by atoms with Crippen LogP contribution in [0, 0.1) is 0 Å². The normalized spacial score (nSPS) is 20.7. The van der Waals surface area contributed by atoms with Gasteiger partial charge in [0, 0.05) is 25.0 Å². The Morgan fingerprint density at radius 3 is 2.64 bits per heavy atom. The van der Waals surface area contributed by atoms with E-state index in [9.17, 15) is 0 Å². The van der Waals surface area contributed by atoms with Crippen molar-refractivity contribution in [1.29, 1.82) is 0 Å². The number of likely N-dealkylation sites (tertiary alicyclic amines) is 1. The summed E-state index contributed by atoms with van der Waals surface area (Å²) < 4.78 is 0. The molecule has 0 aromatic rings. The second kappa shape index (κ2) is 4.33. The van der Waals surface area contributed by atoms with Gasteiger partial charge in [0.1, 0.15) is 0 Å². The lowest BCUT2D eigenvalue weighted by molar-refractivity contribution is 0.0608. The van der Waals surface area contributed by atoms with Crippen LogP contribution in [-0.2, 0) is 0 Å². The van der Waals surface area contributed by atoms with E-state index in [1.54, 1.807) is 0 Å². The molecule has 1 heterocycles. The van der Waals surface area contributed by atoms with Gasteiger partial charge in [-0.2, -0.15) is 12.6 Å². The number of likely N-dealkylation sites (N-methyl/N-ethyl adjacent to an activating group) is 1. The van der Waals surface area contributed by atoms with Gasteiger partial charge in [0.25, 0.3) is 0 Å². The van der Waals surface area contributed by atoms with E-state index < -0.39 is 0 Å². The molecule has 0 bridgehead atoms. The molecule has 1 fully saturated rings. The van der Waals surface area contributed by atoms with E-state index in [-0.39, 0.29) is 0 Å². The summed E-state index contributed by atoms with van der Waals surface area (Å²) in [5.74, 6) is 0.880. The Morgan fingerprint density at radius 2 is 2.18 bits per heavy atom. The molecule has 11 heavy (non-hydrogen) atoms. The number of hydrogen-bond acceptors (Lipinski definition) is 3. The van der Waals surface area contributed by atoms with Crippen LogP contribution in [0.3, 0.4) is 0 Å². The maximum atomic E-state index is 4.23. The number of thiol groups is 1. The topological polar surface area (TPSA) is 6.48 Å². The average Bonchev–Trinajstić information content (AvgIpc) is 1.94. The molecule has 0 unspecified atom stereocenters. The highest BCUT2D eigenvalue weighted by Gasteiger charge is 2.27. The van der Waals surface area contributed by atoms with E-state index in [0.717, 1.165) is 11.9 Å². The fraction of sp³-hybridized carbons (Fsp3) is 1.00. The lowest BCUT2D eigenvalue weighted by Crippen LogP contribution is -2.57. The summed E-state index contributed by atoms with van der Waals surface area (Å²) in [6, 6.07) is 0.763. The van der Waals surface area contributed by atoms with Crippen LogP contribution in [0.15, 0.2) is 0 Å². The van der Waals surface area contributed by atoms with Gasteiger partial charge in [-0.15, -0.1) is 0 Å². The minimum absolute atomic E-state index is 0.763. The highest BCUT2D eigenvalue weighted by atomic mass is 32.1. The monoisotopic (exact) mass is 174 g/mol. The van der Waals surface area contributed by atoms with Gasteiger partial charge in [-0.25, -0.2) is 0 Å². The van der Waals surface area contributed by atoms with Crippen molar-refractivity contribution < 1.29 is 0 Å². The smallest absolute Gasteiger partial charge is 0.0415 e. The molecule has 1 saturated heterocycles. The zero-order chi connectivity index (χ0) is 8.27. The molecule has 66 valence electrons. The molecule has 0 saturated carbocycles. The molecule has 0 N–H and O–H groups in total. The van der Waals surface area contributed by atoms with Gasteiger partial charge >= 0.3 is 0 Å². The molecule has 1 aliphatic rings. The third-order valence-corrected chi connectivity index (χ3v) is 2.77. The van der Waals surface area contributed by atoms with E-state index in [2.05, 4.69) is 36.4 Å². The molecule has 0 amide bonds. The largest absolute Gasteiger partial charge is 0.300 e. The Morgan fingerprint density at radius 1 is 1.55 bits per heavy atom. The third-order valence-electron chi connectivity index (χ3n) is 2.32. The predicted octanol–water partition coefficient (Wildman–Crippen LogP) is 0.900. The first kappa shape index (κ1) is 9.36. The van der Waals surface area contributed by atoms with Gasteiger partial charge < -0.3 is 4.90 Å². The van der Waals surface area contributed by atoms with Crippen LogP contribution >= 0.6 is 12.6 Å². The first-order chi connectivity index (χ1) is 5.27. The summed E-state index contributed by atoms with van der Waals surface area (Å²) in [5, 5.41) is 0. The summed E-state index contributed by atoms with van der Waals surface area (Å²) in [4.78, 5) is 4.79. The maximum absolute atomic E-state index is 4.23. The lowest BCUT2D eigenvalue weighted by Gasteiger charge is -2.43. The summed E-state index contributed by atoms with van der Waals surface area (Å²) in [5.41, 5.74) is 0. The van der Waals surface area contributed by atoms with E-state index in [1.807, 2.05) is 0 Å². The van der Waals surface area contributed by atoms with E-state index in [1.165, 1.54) is 26.1 Å². The molecule has 3 heteroatoms. The van der Waals surface area contributed by atoms with E-state index >= 15 is 0 Å². The third kappa shape index (κ3) is 2.36. The zero-order valence-electron chi connectivity index (χ0n) is 7.45. The van der Waals surface area contributed by atoms with Crippen molar-refractivity contribution in [2.75, 3.05) is 32.6 Å². The van der Waals surface area contributed by atoms with Crippen LogP contribution in [0.5, 0.6) is 0 Å². The maximum Gasteiger partial charge on any atom is 0.0415 e. The Hall–Kier alpha value is 0.270. The Balaban J connectivity index is 2.08. The zero-order valence-corrected chi connectivity index (χ0v) is 8.35. The summed E-state index contributed by atoms with van der Waals surface area (Å²) in [7, 11) is 2.14. The first-order valence-corrected chi connectivity index (χ1v) is 4.94. The van der Waals surface area contributed by atoms with Crippen LogP contribution in [0.1, 0.15) is 13.3 Å². The molecule has 0 atom stereocenters. The van der Waals surface area contributed by atoms with Crippen LogP contribution < -0.4 is 0 Å². The van der Waals surface area contributed by atoms with Crippen molar-refractivity contribution in [2.24, 2.45) is 0 Å². The molecule has 0 aromatic heterocycles. The predicted molar refractivity (Wildman–Crippen MR) is 52.1 cm³/mol. The van der Waals surface area contributed by atoms with Gasteiger partial charge in [-0.1, -0.05) is 6.92 Å². The Bertz CT molecular complexity index is 113. The highest BCUT2D eigenvalue weighted by Crippen LogP contribution is 2.13. The van der Waals surface area contributed by atoms with E-state index in [4.69, 9.17) is 0 Å². The molecule has 1 aliphatic heterocycles. The SMILES string of the molecule is CCCN1CC(N(C)CS)C1. The fourth-order valence-electron chi connectivity index (χ4n) is 1.44. The highest BCUT2D eigenvalue weighted by molar-refractivity contribution is 7.80. The minimum atomic E-state index is 0.763. The average molecular weight is 174 g/mol. The molecular weight excluding hydrogens is 156 g/mol. The fourth-order valence-corrected chi connectivity index (χ4v) is 1.67. The van der Waals surface area contributed by atoms with Crippen molar-refractivity contribution in [3.8, 4) is 0 Å². The first-order valence-electron chi connectivity index (χ1n) is 4.31. The molecule has 0 spiro atoms. The second-order valence-corrected chi connectivity index (χ2v) is 3.59. The summed E-state index contributed by atoms with van der Waals surface area (Å²) in [6.45, 7) is 5.97. The number of hydrogen-bond donors (Lipinski definition) is 1. The van der Waals surface area contributed by atoms with Crippen molar-refractivity contribution in [1.82, 2.24) is 9.80 Å². The summed E-state index contributed by atoms with van der Waals surface area (Å²) >= 11 is 4.23. The van der Waals surface area contributed by atoms with E-state index in [0.29, 0.717) is 0 Å². The summed E-state index contributed by atoms with van der Waals surface area (Å²) in [6.07, 6.45) is 1.28. The number of rotatable bonds is 4. The van der Waals surface area contributed by atoms with Gasteiger partial charge in [-0.05, 0) is 20.0 Å². The van der Waals surface area contributed by atoms with Gasteiger partial charge in [0.2, 0.25) is 0 Å². The van der Waals surface area contributed by atoms with Gasteiger partial charge in [0.15, 0.2) is 0 Å². The Kier molecular flexibility index (Phi) is 3.69. The lowest BCUT2D eigenvalue weighted by atomic mass is 10.1. The van der Waals surface area contributed by atoms with Crippen LogP contribution in [0.4, 0.5) is 0 Å². The van der Waals surface area contributed by atoms with Gasteiger partial charge in [0.05, 0.1) is 0 Å². The Labute approximate surface area is 75.0 Å². The molecule has 0 aromatic carbocycles. The number of nitrogens with zero attached hydrogens (tertiary/aromatic N) is 2. The molecule has 0 aliphatic carbocycles. The second-order valence-electron chi connectivity index (χ2n) is 3.31. The minimum Gasteiger partial charge on any atom is -0.300 e. The van der Waals surface area contributed by atoms with Crippen molar-refractivity contribution in [3.05, 3.63) is 0 Å². The van der Waals surface area contributed by atoms with Crippen LogP contribution in [-0.4, -0.2) is 48.4 Å². The van der Waals surface area contributed by atoms with Gasteiger partial charge in [-0.3, -0.25) is 4.90 Å². The quantitative estimate of drug-likeness (QED) is 0.500. The standard InChI is InChI=1S/C8H18N2S/c1-3-4-10-5-8(6-10)9(2)7-11/h8,11H,3-7H2,1-2H3. The molecule has 0 radical (unpaired) electrons. The van der Waals surface area contributed by atoms with Crippen molar-refractivity contribution >= 4 is 12.6 Å². The molecule has 1 rings (SSSR count). The molecule has 2 nitrogen and oxygen atoms in total. The van der Waals surface area contributed by atoms with Crippen molar-refractivity contribution in [2.45, 2.75) is 19.4 Å². The van der Waals surface area contributed by atoms with Crippen LogP contribution in [0.2, 0.25) is 0 Å². The molecular formula is C8H18N2S. The van der Waals surface area contributed by atoms with Crippen LogP contribution in [0.25, 0.3) is 0 Å².